The highest BCUT2D eigenvalue weighted by molar-refractivity contribution is 5.84. The minimum absolute atomic E-state index is 0.356. The molecule has 0 aliphatic heterocycles. The summed E-state index contributed by atoms with van der Waals surface area (Å²) in [5.74, 6) is -0.119. The molecule has 19 heavy (non-hydrogen) atoms. The number of benzene rings is 1. The molecule has 0 atom stereocenters. The number of pyridine rings is 1. The lowest BCUT2D eigenvalue weighted by atomic mass is 9.90. The average Bonchev–Trinajstić information content (AvgIpc) is 2.38. The van der Waals surface area contributed by atoms with Gasteiger partial charge in [-0.15, -0.1) is 0 Å². The second-order valence-corrected chi connectivity index (χ2v) is 5.12. The van der Waals surface area contributed by atoms with Crippen LogP contribution in [0.5, 0.6) is 5.75 Å². The van der Waals surface area contributed by atoms with E-state index in [1.807, 2.05) is 30.3 Å². The predicted octanol–water partition coefficient (Wildman–Crippen LogP) is 3.11. The van der Waals surface area contributed by atoms with Crippen molar-refractivity contribution in [1.29, 1.82) is 0 Å². The van der Waals surface area contributed by atoms with E-state index in [-0.39, 0.29) is 0 Å². The van der Waals surface area contributed by atoms with Crippen LogP contribution in [-0.4, -0.2) is 22.7 Å². The van der Waals surface area contributed by atoms with Crippen LogP contribution in [0.4, 0.5) is 0 Å². The Morgan fingerprint density at radius 2 is 2.05 bits per heavy atom. The Morgan fingerprint density at radius 1 is 1.32 bits per heavy atom. The number of hydrogen-bond acceptors (Lipinski definition) is 3. The van der Waals surface area contributed by atoms with Crippen molar-refractivity contribution in [3.05, 3.63) is 36.5 Å². The summed E-state index contributed by atoms with van der Waals surface area (Å²) in [6.07, 6.45) is 2.17. The van der Waals surface area contributed by atoms with Crippen molar-refractivity contribution in [3.63, 3.8) is 0 Å². The van der Waals surface area contributed by atoms with E-state index in [1.54, 1.807) is 20.0 Å². The lowest BCUT2D eigenvalue weighted by Gasteiger charge is -2.19. The Morgan fingerprint density at radius 3 is 2.79 bits per heavy atom. The summed E-state index contributed by atoms with van der Waals surface area (Å²) < 4.78 is 5.68. The van der Waals surface area contributed by atoms with Gasteiger partial charge in [-0.05, 0) is 32.4 Å². The molecule has 1 aromatic heterocycles. The van der Waals surface area contributed by atoms with Crippen molar-refractivity contribution in [2.75, 3.05) is 6.61 Å². The van der Waals surface area contributed by atoms with Gasteiger partial charge in [-0.1, -0.05) is 18.2 Å². The van der Waals surface area contributed by atoms with Crippen LogP contribution in [-0.2, 0) is 4.79 Å². The number of rotatable bonds is 5. The smallest absolute Gasteiger partial charge is 0.309 e. The van der Waals surface area contributed by atoms with E-state index in [0.29, 0.717) is 18.8 Å². The zero-order valence-electron chi connectivity index (χ0n) is 11.1. The molecule has 0 unspecified atom stereocenters. The quantitative estimate of drug-likeness (QED) is 0.896. The number of carboxylic acids is 1. The molecule has 1 N–H and O–H groups in total. The van der Waals surface area contributed by atoms with Crippen LogP contribution in [0, 0.1) is 5.41 Å². The molecule has 0 spiro atoms. The SMILES string of the molecule is CC(C)(CCOc1cccc2cccnc12)C(=O)O. The highest BCUT2D eigenvalue weighted by Crippen LogP contribution is 2.25. The van der Waals surface area contributed by atoms with Crippen molar-refractivity contribution < 1.29 is 14.6 Å². The van der Waals surface area contributed by atoms with Crippen LogP contribution in [0.3, 0.4) is 0 Å². The summed E-state index contributed by atoms with van der Waals surface area (Å²) >= 11 is 0. The molecule has 0 saturated carbocycles. The Balaban J connectivity index is 2.09. The molecule has 4 nitrogen and oxygen atoms in total. The van der Waals surface area contributed by atoms with Crippen LogP contribution in [0.2, 0.25) is 0 Å². The average molecular weight is 259 g/mol. The van der Waals surface area contributed by atoms with E-state index in [1.165, 1.54) is 0 Å². The summed E-state index contributed by atoms with van der Waals surface area (Å²) in [4.78, 5) is 15.3. The van der Waals surface area contributed by atoms with Crippen LogP contribution < -0.4 is 4.74 Å². The number of fused-ring (bicyclic) bond motifs is 1. The maximum atomic E-state index is 11.0. The zero-order chi connectivity index (χ0) is 13.9. The molecule has 0 fully saturated rings. The normalized spacial score (nSPS) is 11.5. The van der Waals surface area contributed by atoms with Gasteiger partial charge < -0.3 is 9.84 Å². The van der Waals surface area contributed by atoms with Crippen molar-refractivity contribution in [1.82, 2.24) is 4.98 Å². The second-order valence-electron chi connectivity index (χ2n) is 5.12. The second kappa shape index (κ2) is 5.26. The number of para-hydroxylation sites is 1. The first-order valence-corrected chi connectivity index (χ1v) is 6.21. The molecule has 0 aliphatic rings. The third-order valence-electron chi connectivity index (χ3n) is 3.16. The van der Waals surface area contributed by atoms with Crippen LogP contribution >= 0.6 is 0 Å². The zero-order valence-corrected chi connectivity index (χ0v) is 11.1. The number of nitrogens with zero attached hydrogens (tertiary/aromatic N) is 1. The van der Waals surface area contributed by atoms with Gasteiger partial charge in [0, 0.05) is 11.6 Å². The number of carbonyl (C=O) groups is 1. The standard InChI is InChI=1S/C15H17NO3/c1-15(2,14(17)18)8-10-19-12-7-3-5-11-6-4-9-16-13(11)12/h3-7,9H,8,10H2,1-2H3,(H,17,18). The molecular formula is C15H17NO3. The minimum atomic E-state index is -0.813. The fraction of sp³-hybridized carbons (Fsp3) is 0.333. The minimum Gasteiger partial charge on any atom is -0.491 e. The Bertz CT molecular complexity index is 587. The molecule has 1 aromatic carbocycles. The van der Waals surface area contributed by atoms with Crippen molar-refractivity contribution in [3.8, 4) is 5.75 Å². The number of carboxylic acid groups (broad SMARTS) is 1. The van der Waals surface area contributed by atoms with Gasteiger partial charge in [0.1, 0.15) is 11.3 Å². The van der Waals surface area contributed by atoms with Gasteiger partial charge >= 0.3 is 5.97 Å². The van der Waals surface area contributed by atoms with E-state index in [9.17, 15) is 4.79 Å². The highest BCUT2D eigenvalue weighted by atomic mass is 16.5. The van der Waals surface area contributed by atoms with Gasteiger partial charge in [-0.3, -0.25) is 9.78 Å². The first-order valence-electron chi connectivity index (χ1n) is 6.21. The highest BCUT2D eigenvalue weighted by Gasteiger charge is 2.26. The molecule has 0 amide bonds. The molecule has 2 rings (SSSR count). The molecule has 0 aliphatic carbocycles. The molecular weight excluding hydrogens is 242 g/mol. The van der Waals surface area contributed by atoms with Gasteiger partial charge in [-0.25, -0.2) is 0 Å². The number of aliphatic carboxylic acids is 1. The third-order valence-corrected chi connectivity index (χ3v) is 3.16. The van der Waals surface area contributed by atoms with Crippen LogP contribution in [0.1, 0.15) is 20.3 Å². The van der Waals surface area contributed by atoms with E-state index < -0.39 is 11.4 Å². The summed E-state index contributed by atoms with van der Waals surface area (Å²) in [5.41, 5.74) is 0.0241. The van der Waals surface area contributed by atoms with Crippen molar-refractivity contribution >= 4 is 16.9 Å². The molecule has 1 heterocycles. The van der Waals surface area contributed by atoms with Gasteiger partial charge in [0.2, 0.25) is 0 Å². The van der Waals surface area contributed by atoms with Crippen molar-refractivity contribution in [2.45, 2.75) is 20.3 Å². The van der Waals surface area contributed by atoms with Gasteiger partial charge in [0.15, 0.2) is 0 Å². The first kappa shape index (κ1) is 13.3. The van der Waals surface area contributed by atoms with E-state index in [2.05, 4.69) is 4.98 Å². The maximum absolute atomic E-state index is 11.0. The number of aromatic nitrogens is 1. The Kier molecular flexibility index (Phi) is 3.69. The Labute approximate surface area is 112 Å². The van der Waals surface area contributed by atoms with E-state index in [4.69, 9.17) is 9.84 Å². The fourth-order valence-electron chi connectivity index (χ4n) is 1.72. The van der Waals surface area contributed by atoms with E-state index in [0.717, 1.165) is 10.9 Å². The Hall–Kier alpha value is -2.10. The van der Waals surface area contributed by atoms with Gasteiger partial charge in [-0.2, -0.15) is 0 Å². The van der Waals surface area contributed by atoms with Crippen molar-refractivity contribution in [2.24, 2.45) is 5.41 Å². The topological polar surface area (TPSA) is 59.4 Å². The molecule has 4 heteroatoms. The predicted molar refractivity (Wildman–Crippen MR) is 73.3 cm³/mol. The summed E-state index contributed by atoms with van der Waals surface area (Å²) in [6.45, 7) is 3.75. The largest absolute Gasteiger partial charge is 0.491 e. The van der Waals surface area contributed by atoms with Crippen LogP contribution in [0.25, 0.3) is 10.9 Å². The fourth-order valence-corrected chi connectivity index (χ4v) is 1.72. The lowest BCUT2D eigenvalue weighted by Crippen LogP contribution is -2.25. The summed E-state index contributed by atoms with van der Waals surface area (Å²) in [7, 11) is 0. The number of hydrogen-bond donors (Lipinski definition) is 1. The number of ether oxygens (including phenoxy) is 1. The van der Waals surface area contributed by atoms with Gasteiger partial charge in [0.25, 0.3) is 0 Å². The summed E-state index contributed by atoms with van der Waals surface area (Å²) in [6, 6.07) is 9.57. The molecule has 2 aromatic rings. The van der Waals surface area contributed by atoms with E-state index >= 15 is 0 Å². The monoisotopic (exact) mass is 259 g/mol. The third kappa shape index (κ3) is 3.02. The molecule has 0 radical (unpaired) electrons. The maximum Gasteiger partial charge on any atom is 0.309 e. The first-order chi connectivity index (χ1) is 9.00. The molecule has 100 valence electrons. The molecule has 0 saturated heterocycles. The van der Waals surface area contributed by atoms with Gasteiger partial charge in [0.05, 0.1) is 12.0 Å². The lowest BCUT2D eigenvalue weighted by molar-refractivity contribution is -0.147. The molecule has 0 bridgehead atoms. The van der Waals surface area contributed by atoms with Crippen LogP contribution in [0.15, 0.2) is 36.5 Å². The summed E-state index contributed by atoms with van der Waals surface area (Å²) in [5, 5.41) is 10.1.